The highest BCUT2D eigenvalue weighted by Gasteiger charge is 2.32. The van der Waals surface area contributed by atoms with Crippen LogP contribution in [0.4, 0.5) is 0 Å². The zero-order valence-electron chi connectivity index (χ0n) is 15.7. The highest BCUT2D eigenvalue weighted by Crippen LogP contribution is 2.23. The maximum absolute atomic E-state index is 12.8. The lowest BCUT2D eigenvalue weighted by Gasteiger charge is -2.35. The lowest BCUT2D eigenvalue weighted by molar-refractivity contribution is -0.142. The number of hydrogen-bond donors (Lipinski definition) is 1. The van der Waals surface area contributed by atoms with Crippen molar-refractivity contribution in [2.24, 2.45) is 0 Å². The highest BCUT2D eigenvalue weighted by atomic mass is 32.2. The van der Waals surface area contributed by atoms with Crippen LogP contribution in [0.3, 0.4) is 0 Å². The molecule has 0 spiro atoms. The Morgan fingerprint density at radius 3 is 2.39 bits per heavy atom. The van der Waals surface area contributed by atoms with Gasteiger partial charge in [-0.1, -0.05) is 6.07 Å². The molecule has 1 aliphatic carbocycles. The summed E-state index contributed by atoms with van der Waals surface area (Å²) in [5.41, 5.74) is 0.345. The van der Waals surface area contributed by atoms with E-state index in [1.54, 1.807) is 21.9 Å². The van der Waals surface area contributed by atoms with Crippen LogP contribution in [-0.4, -0.2) is 75.0 Å². The van der Waals surface area contributed by atoms with Crippen LogP contribution in [0.1, 0.15) is 36.0 Å². The number of hydrogen-bond acceptors (Lipinski definition) is 5. The summed E-state index contributed by atoms with van der Waals surface area (Å²) < 4.78 is 32.9. The molecule has 4 rings (SSSR count). The molecule has 2 saturated heterocycles. The Morgan fingerprint density at radius 1 is 1.04 bits per heavy atom. The van der Waals surface area contributed by atoms with E-state index >= 15 is 0 Å². The molecule has 0 bridgehead atoms. The van der Waals surface area contributed by atoms with Crippen molar-refractivity contribution in [3.63, 3.8) is 0 Å². The van der Waals surface area contributed by atoms with E-state index in [0.717, 1.165) is 25.7 Å². The van der Waals surface area contributed by atoms with E-state index in [9.17, 15) is 18.0 Å². The highest BCUT2D eigenvalue weighted by molar-refractivity contribution is 7.89. The fraction of sp³-hybridized carbons (Fsp3) is 0.579. The topological polar surface area (TPSA) is 96.0 Å². The fourth-order valence-corrected chi connectivity index (χ4v) is 4.92. The molecule has 3 fully saturated rings. The van der Waals surface area contributed by atoms with Crippen LogP contribution in [0.15, 0.2) is 29.2 Å². The van der Waals surface area contributed by atoms with E-state index in [1.165, 1.54) is 12.1 Å². The molecule has 2 aliphatic heterocycles. The summed E-state index contributed by atoms with van der Waals surface area (Å²) in [6.07, 6.45) is 3.03. The Labute approximate surface area is 164 Å². The fourth-order valence-electron chi connectivity index (χ4n) is 3.57. The first-order valence-corrected chi connectivity index (χ1v) is 11.2. The summed E-state index contributed by atoms with van der Waals surface area (Å²) >= 11 is 0. The second-order valence-electron chi connectivity index (χ2n) is 7.54. The number of rotatable bonds is 5. The third-order valence-electron chi connectivity index (χ3n) is 5.37. The van der Waals surface area contributed by atoms with Crippen molar-refractivity contribution in [2.75, 3.05) is 32.8 Å². The molecule has 0 aromatic heterocycles. The number of ether oxygens (including phenoxy) is 1. The molecule has 1 atom stereocenters. The SMILES string of the molecule is O=C(c1cccc(S(=O)(=O)NC2CC2)c1)N1CCN(C(=O)C2CCCO2)CC1. The first kappa shape index (κ1) is 19.4. The first-order valence-electron chi connectivity index (χ1n) is 9.76. The van der Waals surface area contributed by atoms with Gasteiger partial charge in [0.25, 0.3) is 11.8 Å². The van der Waals surface area contributed by atoms with E-state index in [4.69, 9.17) is 4.74 Å². The minimum Gasteiger partial charge on any atom is -0.368 e. The second-order valence-corrected chi connectivity index (χ2v) is 9.26. The smallest absolute Gasteiger partial charge is 0.254 e. The van der Waals surface area contributed by atoms with Gasteiger partial charge in [0.1, 0.15) is 6.10 Å². The van der Waals surface area contributed by atoms with E-state index < -0.39 is 10.0 Å². The zero-order chi connectivity index (χ0) is 19.7. The van der Waals surface area contributed by atoms with Crippen LogP contribution in [0.25, 0.3) is 0 Å². The van der Waals surface area contributed by atoms with Crippen molar-refractivity contribution in [3.8, 4) is 0 Å². The molecule has 9 heteroatoms. The number of nitrogens with one attached hydrogen (secondary N) is 1. The maximum atomic E-state index is 12.8. The van der Waals surface area contributed by atoms with Crippen molar-refractivity contribution in [1.29, 1.82) is 0 Å². The molecule has 1 aromatic carbocycles. The predicted molar refractivity (Wildman–Crippen MR) is 101 cm³/mol. The quantitative estimate of drug-likeness (QED) is 0.771. The molecule has 1 N–H and O–H groups in total. The van der Waals surface area contributed by atoms with Crippen molar-refractivity contribution >= 4 is 21.8 Å². The molecule has 0 radical (unpaired) electrons. The molecule has 1 unspecified atom stereocenters. The largest absolute Gasteiger partial charge is 0.368 e. The number of carbonyl (C=O) groups is 2. The third-order valence-corrected chi connectivity index (χ3v) is 6.89. The molecular weight excluding hydrogens is 382 g/mol. The van der Waals surface area contributed by atoms with Crippen molar-refractivity contribution in [3.05, 3.63) is 29.8 Å². The number of carbonyl (C=O) groups excluding carboxylic acids is 2. The van der Waals surface area contributed by atoms with Crippen molar-refractivity contribution < 1.29 is 22.7 Å². The van der Waals surface area contributed by atoms with Crippen LogP contribution >= 0.6 is 0 Å². The minimum atomic E-state index is -3.60. The number of piperazine rings is 1. The van der Waals surface area contributed by atoms with Gasteiger partial charge in [0, 0.05) is 44.4 Å². The van der Waals surface area contributed by atoms with Gasteiger partial charge in [0.2, 0.25) is 10.0 Å². The molecular formula is C19H25N3O5S. The van der Waals surface area contributed by atoms with Crippen LogP contribution in [0, 0.1) is 0 Å². The first-order chi connectivity index (χ1) is 13.4. The Kier molecular flexibility index (Phi) is 5.39. The molecule has 152 valence electrons. The van der Waals surface area contributed by atoms with E-state index in [-0.39, 0.29) is 28.9 Å². The van der Waals surface area contributed by atoms with Gasteiger partial charge in [-0.15, -0.1) is 0 Å². The van der Waals surface area contributed by atoms with Gasteiger partial charge < -0.3 is 14.5 Å². The van der Waals surface area contributed by atoms with Gasteiger partial charge in [-0.2, -0.15) is 0 Å². The Balaban J connectivity index is 1.38. The number of sulfonamides is 1. The molecule has 1 aromatic rings. The molecule has 28 heavy (non-hydrogen) atoms. The van der Waals surface area contributed by atoms with Crippen molar-refractivity contribution in [2.45, 2.75) is 42.7 Å². The Hall–Kier alpha value is -1.97. The van der Waals surface area contributed by atoms with Gasteiger partial charge in [-0.25, -0.2) is 13.1 Å². The number of benzene rings is 1. The average molecular weight is 407 g/mol. The second kappa shape index (κ2) is 7.81. The predicted octanol–water partition coefficient (Wildman–Crippen LogP) is 0.591. The normalized spacial score (nSPS) is 23.1. The summed E-state index contributed by atoms with van der Waals surface area (Å²) in [6.45, 7) is 2.41. The van der Waals surface area contributed by atoms with Crippen molar-refractivity contribution in [1.82, 2.24) is 14.5 Å². The molecule has 3 aliphatic rings. The van der Waals surface area contributed by atoms with Crippen LogP contribution in [0.2, 0.25) is 0 Å². The van der Waals surface area contributed by atoms with Crippen LogP contribution in [-0.2, 0) is 19.6 Å². The van der Waals surface area contributed by atoms with Gasteiger partial charge >= 0.3 is 0 Å². The molecule has 2 heterocycles. The van der Waals surface area contributed by atoms with Crippen LogP contribution in [0.5, 0.6) is 0 Å². The zero-order valence-corrected chi connectivity index (χ0v) is 16.5. The van der Waals surface area contributed by atoms with E-state index in [0.29, 0.717) is 38.3 Å². The average Bonchev–Trinajstić information content (AvgIpc) is 3.34. The lowest BCUT2D eigenvalue weighted by atomic mass is 10.1. The van der Waals surface area contributed by atoms with E-state index in [1.807, 2.05) is 0 Å². The van der Waals surface area contributed by atoms with Gasteiger partial charge in [-0.3, -0.25) is 9.59 Å². The van der Waals surface area contributed by atoms with E-state index in [2.05, 4.69) is 4.72 Å². The minimum absolute atomic E-state index is 0.00356. The maximum Gasteiger partial charge on any atom is 0.254 e. The third kappa shape index (κ3) is 4.21. The standard InChI is InChI=1S/C19H25N3O5S/c23-18(14-3-1-4-16(13-14)28(25,26)20-15-6-7-15)21-8-10-22(11-9-21)19(24)17-5-2-12-27-17/h1,3-4,13,15,17,20H,2,5-12H2. The number of nitrogens with zero attached hydrogens (tertiary/aromatic N) is 2. The van der Waals surface area contributed by atoms with Crippen LogP contribution < -0.4 is 4.72 Å². The van der Waals surface area contributed by atoms with Gasteiger partial charge in [-0.05, 0) is 43.9 Å². The molecule has 8 nitrogen and oxygen atoms in total. The monoisotopic (exact) mass is 407 g/mol. The molecule has 2 amide bonds. The Bertz CT molecular complexity index is 854. The molecule has 1 saturated carbocycles. The summed E-state index contributed by atoms with van der Waals surface area (Å²) in [6, 6.07) is 6.16. The summed E-state index contributed by atoms with van der Waals surface area (Å²) in [7, 11) is -3.60. The van der Waals surface area contributed by atoms with Gasteiger partial charge in [0.15, 0.2) is 0 Å². The summed E-state index contributed by atoms with van der Waals surface area (Å²) in [5, 5.41) is 0. The summed E-state index contributed by atoms with van der Waals surface area (Å²) in [4.78, 5) is 28.8. The Morgan fingerprint density at radius 2 is 1.75 bits per heavy atom. The van der Waals surface area contributed by atoms with Gasteiger partial charge in [0.05, 0.1) is 4.90 Å². The summed E-state index contributed by atoms with van der Waals surface area (Å²) in [5.74, 6) is -0.212. The number of amides is 2. The lowest BCUT2D eigenvalue weighted by Crippen LogP contribution is -2.52.